The summed E-state index contributed by atoms with van der Waals surface area (Å²) in [5.41, 5.74) is 0. The summed E-state index contributed by atoms with van der Waals surface area (Å²) in [4.78, 5) is 10.8. The maximum atomic E-state index is 10.8. The summed E-state index contributed by atoms with van der Waals surface area (Å²) in [5, 5.41) is 8.31. The van der Waals surface area contributed by atoms with Gasteiger partial charge in [0.2, 0.25) is 0 Å². The molecule has 1 aliphatic rings. The van der Waals surface area contributed by atoms with Crippen LogP contribution in [0.15, 0.2) is 12.2 Å². The van der Waals surface area contributed by atoms with Gasteiger partial charge in [0.15, 0.2) is 6.79 Å². The van der Waals surface area contributed by atoms with Crippen LogP contribution in [0, 0.1) is 5.92 Å². The molecule has 1 aliphatic carbocycles. The number of aliphatic hydroxyl groups is 1. The second kappa shape index (κ2) is 6.60. The lowest BCUT2D eigenvalue weighted by molar-refractivity contribution is -0.145. The van der Waals surface area contributed by atoms with Gasteiger partial charge in [-0.3, -0.25) is 0 Å². The first-order valence-electron chi connectivity index (χ1n) is 5.27. The van der Waals surface area contributed by atoms with Crippen molar-refractivity contribution in [1.29, 1.82) is 0 Å². The van der Waals surface area contributed by atoms with Crippen LogP contribution >= 0.6 is 0 Å². The maximum Gasteiger partial charge on any atom is 0.332 e. The summed E-state index contributed by atoms with van der Waals surface area (Å²) in [6, 6.07) is 0. The molecular weight excluding hydrogens is 180 g/mol. The number of carbonyl (C=O) groups excluding carboxylic acids is 1. The summed E-state index contributed by atoms with van der Waals surface area (Å²) in [5.74, 6) is 0.283. The number of aliphatic hydroxyl groups excluding tert-OH is 1. The quantitative estimate of drug-likeness (QED) is 0.427. The molecule has 1 N–H and O–H groups in total. The molecule has 0 saturated heterocycles. The lowest BCUT2D eigenvalue weighted by Gasteiger charge is -2.19. The molecule has 3 heteroatoms. The van der Waals surface area contributed by atoms with Crippen molar-refractivity contribution in [1.82, 2.24) is 0 Å². The van der Waals surface area contributed by atoms with Crippen molar-refractivity contribution in [2.24, 2.45) is 5.92 Å². The van der Waals surface area contributed by atoms with Crippen LogP contribution in [-0.2, 0) is 9.53 Å². The highest BCUT2D eigenvalue weighted by Gasteiger charge is 2.11. The van der Waals surface area contributed by atoms with Gasteiger partial charge in [-0.15, -0.1) is 0 Å². The van der Waals surface area contributed by atoms with Gasteiger partial charge in [0.05, 0.1) is 0 Å². The van der Waals surface area contributed by atoms with E-state index < -0.39 is 12.8 Å². The van der Waals surface area contributed by atoms with E-state index in [0.29, 0.717) is 0 Å². The average Bonchev–Trinajstić information content (AvgIpc) is 2.20. The molecule has 1 rings (SSSR count). The van der Waals surface area contributed by atoms with Gasteiger partial charge >= 0.3 is 5.97 Å². The highest BCUT2D eigenvalue weighted by molar-refractivity contribution is 5.81. The van der Waals surface area contributed by atoms with E-state index in [1.807, 2.05) is 6.08 Å². The molecule has 1 saturated carbocycles. The Morgan fingerprint density at radius 2 is 2.07 bits per heavy atom. The first-order chi connectivity index (χ1) is 6.83. The number of hydrogen-bond donors (Lipinski definition) is 1. The SMILES string of the molecule is O=C(/C=C/CC1CCCCC1)OCO. The Bertz CT molecular complexity index is 193. The number of ether oxygens (including phenoxy) is 1. The molecule has 3 nitrogen and oxygen atoms in total. The van der Waals surface area contributed by atoms with Crippen molar-refractivity contribution in [3.63, 3.8) is 0 Å². The number of allylic oxidation sites excluding steroid dienone is 1. The van der Waals surface area contributed by atoms with Gasteiger partial charge in [-0.05, 0) is 12.3 Å². The molecule has 0 heterocycles. The van der Waals surface area contributed by atoms with E-state index in [9.17, 15) is 4.79 Å². The molecule has 0 aromatic rings. The fourth-order valence-corrected chi connectivity index (χ4v) is 1.89. The number of esters is 1. The molecule has 0 bridgehead atoms. The molecule has 0 amide bonds. The minimum Gasteiger partial charge on any atom is -0.436 e. The molecule has 0 aliphatic heterocycles. The van der Waals surface area contributed by atoms with Crippen molar-refractivity contribution in [2.45, 2.75) is 38.5 Å². The Balaban J connectivity index is 2.14. The molecule has 0 aromatic carbocycles. The predicted octanol–water partition coefficient (Wildman–Crippen LogP) is 2.01. The van der Waals surface area contributed by atoms with Crippen LogP contribution in [0.1, 0.15) is 38.5 Å². The fraction of sp³-hybridized carbons (Fsp3) is 0.727. The summed E-state index contributed by atoms with van der Waals surface area (Å²) in [6.07, 6.45) is 10.8. The van der Waals surface area contributed by atoms with Crippen molar-refractivity contribution < 1.29 is 14.6 Å². The minimum absolute atomic E-state index is 0.455. The van der Waals surface area contributed by atoms with Crippen LogP contribution in [0.4, 0.5) is 0 Å². The van der Waals surface area contributed by atoms with Crippen molar-refractivity contribution in [2.75, 3.05) is 6.79 Å². The molecule has 0 radical (unpaired) electrons. The highest BCUT2D eigenvalue weighted by Crippen LogP contribution is 2.26. The molecule has 14 heavy (non-hydrogen) atoms. The van der Waals surface area contributed by atoms with Crippen molar-refractivity contribution in [3.05, 3.63) is 12.2 Å². The van der Waals surface area contributed by atoms with E-state index in [1.165, 1.54) is 38.2 Å². The Hall–Kier alpha value is -0.830. The lowest BCUT2D eigenvalue weighted by Crippen LogP contribution is -2.05. The third-order valence-corrected chi connectivity index (χ3v) is 2.65. The summed E-state index contributed by atoms with van der Waals surface area (Å²) in [6.45, 7) is -0.535. The number of carbonyl (C=O) groups is 1. The van der Waals surface area contributed by atoms with Gasteiger partial charge in [-0.2, -0.15) is 0 Å². The van der Waals surface area contributed by atoms with Gasteiger partial charge in [-0.25, -0.2) is 4.79 Å². The Kier molecular flexibility index (Phi) is 5.30. The normalized spacial score (nSPS) is 18.6. The summed E-state index contributed by atoms with van der Waals surface area (Å²) < 4.78 is 4.36. The van der Waals surface area contributed by atoms with Crippen LogP contribution in [0.2, 0.25) is 0 Å². The summed E-state index contributed by atoms with van der Waals surface area (Å²) in [7, 11) is 0. The minimum atomic E-state index is -0.535. The van der Waals surface area contributed by atoms with Crippen LogP contribution < -0.4 is 0 Å². The maximum absolute atomic E-state index is 10.8. The molecule has 0 aromatic heterocycles. The second-order valence-corrected chi connectivity index (χ2v) is 3.73. The highest BCUT2D eigenvalue weighted by atomic mass is 16.6. The smallest absolute Gasteiger partial charge is 0.332 e. The predicted molar refractivity (Wildman–Crippen MR) is 53.5 cm³/mol. The van der Waals surface area contributed by atoms with Crippen LogP contribution in [0.5, 0.6) is 0 Å². The summed E-state index contributed by atoms with van der Waals surface area (Å²) >= 11 is 0. The van der Waals surface area contributed by atoms with E-state index in [-0.39, 0.29) is 0 Å². The van der Waals surface area contributed by atoms with Gasteiger partial charge in [0.1, 0.15) is 0 Å². The second-order valence-electron chi connectivity index (χ2n) is 3.73. The molecule has 80 valence electrons. The van der Waals surface area contributed by atoms with Crippen LogP contribution in [0.25, 0.3) is 0 Å². The molecule has 1 fully saturated rings. The van der Waals surface area contributed by atoms with E-state index in [1.54, 1.807) is 0 Å². The Morgan fingerprint density at radius 3 is 2.71 bits per heavy atom. The number of rotatable bonds is 4. The molecule has 0 spiro atoms. The van der Waals surface area contributed by atoms with Gasteiger partial charge < -0.3 is 9.84 Å². The van der Waals surface area contributed by atoms with Crippen molar-refractivity contribution >= 4 is 5.97 Å². The number of hydrogen-bond acceptors (Lipinski definition) is 3. The van der Waals surface area contributed by atoms with Gasteiger partial charge in [0.25, 0.3) is 0 Å². The Morgan fingerprint density at radius 1 is 1.36 bits per heavy atom. The van der Waals surface area contributed by atoms with Crippen molar-refractivity contribution in [3.8, 4) is 0 Å². The largest absolute Gasteiger partial charge is 0.436 e. The zero-order chi connectivity index (χ0) is 10.2. The van der Waals surface area contributed by atoms with E-state index >= 15 is 0 Å². The van der Waals surface area contributed by atoms with Gasteiger partial charge in [-0.1, -0.05) is 38.2 Å². The van der Waals surface area contributed by atoms with E-state index in [0.717, 1.165) is 12.3 Å². The van der Waals surface area contributed by atoms with E-state index in [4.69, 9.17) is 5.11 Å². The zero-order valence-electron chi connectivity index (χ0n) is 8.45. The molecule has 0 atom stereocenters. The van der Waals surface area contributed by atoms with Gasteiger partial charge in [0, 0.05) is 6.08 Å². The van der Waals surface area contributed by atoms with E-state index in [2.05, 4.69) is 4.74 Å². The standard InChI is InChI=1S/C11H18O3/c12-9-14-11(13)8-4-7-10-5-2-1-3-6-10/h4,8,10,12H,1-3,5-7,9H2/b8-4+. The Labute approximate surface area is 84.8 Å². The first kappa shape index (κ1) is 11.2. The third kappa shape index (κ3) is 4.42. The van der Waals surface area contributed by atoms with Crippen LogP contribution in [0.3, 0.4) is 0 Å². The average molecular weight is 198 g/mol. The zero-order valence-corrected chi connectivity index (χ0v) is 8.45. The first-order valence-corrected chi connectivity index (χ1v) is 5.27. The molecule has 0 unspecified atom stereocenters. The lowest BCUT2D eigenvalue weighted by atomic mass is 9.87. The monoisotopic (exact) mass is 198 g/mol. The topological polar surface area (TPSA) is 46.5 Å². The third-order valence-electron chi connectivity index (χ3n) is 2.65. The van der Waals surface area contributed by atoms with Crippen LogP contribution in [-0.4, -0.2) is 17.9 Å². The molecular formula is C11H18O3. The fourth-order valence-electron chi connectivity index (χ4n) is 1.89.